The molecule has 4 nitrogen and oxygen atoms in total. The van der Waals surface area contributed by atoms with Gasteiger partial charge in [-0.05, 0) is 63.2 Å². The molecule has 0 amide bonds. The number of ether oxygens (including phenoxy) is 2. The minimum absolute atomic E-state index is 0.269. The van der Waals surface area contributed by atoms with Crippen molar-refractivity contribution < 1.29 is 14.6 Å². The summed E-state index contributed by atoms with van der Waals surface area (Å²) in [6, 6.07) is 13.9. The Balaban J connectivity index is 1.78. The molecule has 1 N–H and O–H groups in total. The fourth-order valence-electron chi connectivity index (χ4n) is 2.78. The highest BCUT2D eigenvalue weighted by atomic mass is 16.5. The number of hydrogen-bond donors (Lipinski definition) is 1. The van der Waals surface area contributed by atoms with Crippen LogP contribution in [0.4, 0.5) is 0 Å². The minimum Gasteiger partial charge on any atom is -0.494 e. The molecule has 0 saturated heterocycles. The summed E-state index contributed by atoms with van der Waals surface area (Å²) in [7, 11) is 2.01. The normalized spacial score (nSPS) is 12.2. The second-order valence-corrected chi connectivity index (χ2v) is 6.50. The van der Waals surface area contributed by atoms with Crippen molar-refractivity contribution in [1.29, 1.82) is 0 Å². The summed E-state index contributed by atoms with van der Waals surface area (Å²) >= 11 is 0. The Hall–Kier alpha value is -2.04. The lowest BCUT2D eigenvalue weighted by Gasteiger charge is -2.22. The van der Waals surface area contributed by atoms with E-state index in [-0.39, 0.29) is 6.61 Å². The fraction of sp³-hybridized carbons (Fsp3) is 0.429. The maximum atomic E-state index is 10.2. The van der Waals surface area contributed by atoms with Crippen LogP contribution < -0.4 is 9.47 Å². The maximum absolute atomic E-state index is 10.2. The molecule has 136 valence electrons. The molecule has 0 fully saturated rings. The Morgan fingerprint density at radius 1 is 1.00 bits per heavy atom. The van der Waals surface area contributed by atoms with Crippen molar-refractivity contribution in [3.05, 3.63) is 59.2 Å². The van der Waals surface area contributed by atoms with E-state index in [9.17, 15) is 5.11 Å². The van der Waals surface area contributed by atoms with E-state index in [1.807, 2.05) is 38.2 Å². The van der Waals surface area contributed by atoms with Crippen molar-refractivity contribution >= 4 is 0 Å². The van der Waals surface area contributed by atoms with E-state index in [0.717, 1.165) is 18.0 Å². The van der Waals surface area contributed by atoms with Gasteiger partial charge in [0, 0.05) is 13.1 Å². The van der Waals surface area contributed by atoms with Gasteiger partial charge in [0.25, 0.3) is 0 Å². The van der Waals surface area contributed by atoms with Crippen LogP contribution in [0.5, 0.6) is 11.5 Å². The van der Waals surface area contributed by atoms with E-state index in [2.05, 4.69) is 36.9 Å². The van der Waals surface area contributed by atoms with Crippen molar-refractivity contribution in [3.8, 4) is 11.5 Å². The first-order valence-corrected chi connectivity index (χ1v) is 8.76. The molecule has 2 rings (SSSR count). The van der Waals surface area contributed by atoms with Crippen LogP contribution in [-0.4, -0.2) is 42.9 Å². The monoisotopic (exact) mass is 343 g/mol. The third kappa shape index (κ3) is 6.40. The summed E-state index contributed by atoms with van der Waals surface area (Å²) in [5.41, 5.74) is 3.84. The lowest BCUT2D eigenvalue weighted by Crippen LogP contribution is -2.33. The molecule has 0 aliphatic rings. The molecular formula is C21H29NO3. The number of aryl methyl sites for hydroxylation is 2. The van der Waals surface area contributed by atoms with Gasteiger partial charge >= 0.3 is 0 Å². The van der Waals surface area contributed by atoms with Crippen molar-refractivity contribution in [2.24, 2.45) is 0 Å². The minimum atomic E-state index is -0.540. The van der Waals surface area contributed by atoms with Crippen LogP contribution in [0.25, 0.3) is 0 Å². The molecule has 0 spiro atoms. The molecule has 0 aliphatic heterocycles. The summed E-state index contributed by atoms with van der Waals surface area (Å²) in [6.45, 7) is 8.47. The van der Waals surface area contributed by atoms with Gasteiger partial charge in [0.1, 0.15) is 24.2 Å². The average molecular weight is 343 g/mol. The van der Waals surface area contributed by atoms with Crippen LogP contribution in [0, 0.1) is 13.8 Å². The fourth-order valence-corrected chi connectivity index (χ4v) is 2.78. The summed E-state index contributed by atoms with van der Waals surface area (Å²) in [6.07, 6.45) is -0.540. The van der Waals surface area contributed by atoms with Gasteiger partial charge in [-0.1, -0.05) is 23.8 Å². The molecule has 0 aromatic heterocycles. The lowest BCUT2D eigenvalue weighted by molar-refractivity contribution is 0.0743. The lowest BCUT2D eigenvalue weighted by atomic mass is 10.1. The van der Waals surface area contributed by atoms with Gasteiger partial charge in [0.15, 0.2) is 0 Å². The second kappa shape index (κ2) is 9.44. The number of likely N-dealkylation sites (N-methyl/N-ethyl adjacent to an activating group) is 1. The second-order valence-electron chi connectivity index (χ2n) is 6.50. The molecule has 0 heterocycles. The van der Waals surface area contributed by atoms with Gasteiger partial charge in [-0.2, -0.15) is 0 Å². The average Bonchev–Trinajstić information content (AvgIpc) is 2.57. The topological polar surface area (TPSA) is 41.9 Å². The van der Waals surface area contributed by atoms with Crippen LogP contribution in [0.3, 0.4) is 0 Å². The highest BCUT2D eigenvalue weighted by Gasteiger charge is 2.11. The zero-order chi connectivity index (χ0) is 18.2. The highest BCUT2D eigenvalue weighted by Crippen LogP contribution is 2.18. The first kappa shape index (κ1) is 19.3. The molecule has 0 radical (unpaired) electrons. The highest BCUT2D eigenvalue weighted by molar-refractivity contribution is 5.31. The summed E-state index contributed by atoms with van der Waals surface area (Å²) in [5, 5.41) is 10.2. The van der Waals surface area contributed by atoms with Crippen LogP contribution >= 0.6 is 0 Å². The number of benzene rings is 2. The molecule has 1 atom stereocenters. The van der Waals surface area contributed by atoms with E-state index >= 15 is 0 Å². The Kier molecular flexibility index (Phi) is 7.29. The van der Waals surface area contributed by atoms with E-state index in [1.54, 1.807) is 0 Å². The smallest absolute Gasteiger partial charge is 0.119 e. The van der Waals surface area contributed by atoms with Crippen LogP contribution in [-0.2, 0) is 6.54 Å². The largest absolute Gasteiger partial charge is 0.494 e. The predicted molar refractivity (Wildman–Crippen MR) is 101 cm³/mol. The third-order valence-corrected chi connectivity index (χ3v) is 4.04. The first-order chi connectivity index (χ1) is 12.0. The maximum Gasteiger partial charge on any atom is 0.119 e. The molecule has 0 bridgehead atoms. The molecule has 0 aliphatic carbocycles. The molecule has 1 unspecified atom stereocenters. The molecule has 0 saturated carbocycles. The first-order valence-electron chi connectivity index (χ1n) is 8.76. The van der Waals surface area contributed by atoms with E-state index in [1.165, 1.54) is 16.7 Å². The van der Waals surface area contributed by atoms with Crippen molar-refractivity contribution in [3.63, 3.8) is 0 Å². The van der Waals surface area contributed by atoms with E-state index < -0.39 is 6.10 Å². The van der Waals surface area contributed by atoms with Crippen molar-refractivity contribution in [2.45, 2.75) is 33.4 Å². The Bertz CT molecular complexity index is 655. The summed E-state index contributed by atoms with van der Waals surface area (Å²) in [5.74, 6) is 1.56. The van der Waals surface area contributed by atoms with Gasteiger partial charge in [0.05, 0.1) is 6.61 Å². The van der Waals surface area contributed by atoms with Crippen LogP contribution in [0.15, 0.2) is 42.5 Å². The molecule has 2 aromatic carbocycles. The molecular weight excluding hydrogens is 314 g/mol. The Morgan fingerprint density at radius 2 is 1.64 bits per heavy atom. The molecule has 4 heteroatoms. The van der Waals surface area contributed by atoms with Gasteiger partial charge in [-0.15, -0.1) is 0 Å². The zero-order valence-electron chi connectivity index (χ0n) is 15.7. The van der Waals surface area contributed by atoms with Gasteiger partial charge in [0.2, 0.25) is 0 Å². The predicted octanol–water partition coefficient (Wildman–Crippen LogP) is 3.57. The van der Waals surface area contributed by atoms with Gasteiger partial charge < -0.3 is 14.6 Å². The van der Waals surface area contributed by atoms with E-state index in [4.69, 9.17) is 9.47 Å². The number of hydrogen-bond acceptors (Lipinski definition) is 4. The van der Waals surface area contributed by atoms with E-state index in [0.29, 0.717) is 13.2 Å². The summed E-state index contributed by atoms with van der Waals surface area (Å²) in [4.78, 5) is 2.11. The SMILES string of the molecule is CCOc1ccc(OCC(O)CN(C)Cc2ccc(C)cc2C)cc1. The van der Waals surface area contributed by atoms with Crippen molar-refractivity contribution in [2.75, 3.05) is 26.8 Å². The quantitative estimate of drug-likeness (QED) is 0.756. The Labute approximate surface area is 151 Å². The van der Waals surface area contributed by atoms with Crippen molar-refractivity contribution in [1.82, 2.24) is 4.90 Å². The number of aliphatic hydroxyl groups excluding tert-OH is 1. The number of rotatable bonds is 9. The summed E-state index contributed by atoms with van der Waals surface area (Å²) < 4.78 is 11.1. The van der Waals surface area contributed by atoms with Gasteiger partial charge in [-0.25, -0.2) is 0 Å². The Morgan fingerprint density at radius 3 is 2.24 bits per heavy atom. The zero-order valence-corrected chi connectivity index (χ0v) is 15.7. The van der Waals surface area contributed by atoms with Gasteiger partial charge in [-0.3, -0.25) is 4.90 Å². The van der Waals surface area contributed by atoms with Crippen LogP contribution in [0.1, 0.15) is 23.6 Å². The standard InChI is InChI=1S/C21H29NO3/c1-5-24-20-8-10-21(11-9-20)25-15-19(23)14-22(4)13-18-7-6-16(2)12-17(18)3/h6-12,19,23H,5,13-15H2,1-4H3. The molecule has 2 aromatic rings. The number of nitrogens with zero attached hydrogens (tertiary/aromatic N) is 1. The molecule has 25 heavy (non-hydrogen) atoms. The number of aliphatic hydroxyl groups is 1. The third-order valence-electron chi connectivity index (χ3n) is 4.04. The van der Waals surface area contributed by atoms with Crippen LogP contribution in [0.2, 0.25) is 0 Å².